The molecular formula is C12H19Cl2STi. The molecule has 0 nitrogen and oxygen atoms in total. The van der Waals surface area contributed by atoms with Crippen molar-refractivity contribution in [2.24, 2.45) is 0 Å². The van der Waals surface area contributed by atoms with Gasteiger partial charge in [0, 0.05) is 0 Å². The Balaban J connectivity index is -0.000000563. The molecule has 1 atom stereocenters. The van der Waals surface area contributed by atoms with E-state index in [4.69, 9.17) is 0 Å². The smallest absolute Gasteiger partial charge is 1.00 e. The first kappa shape index (κ1) is 22.3. The summed E-state index contributed by atoms with van der Waals surface area (Å²) in [6, 6.07) is 0. The summed E-state index contributed by atoms with van der Waals surface area (Å²) in [5.74, 6) is 1.30. The number of hydrogen-bond donors (Lipinski definition) is 0. The number of unbranched alkanes of at least 4 members (excludes halogenated alkanes) is 1. The monoisotopic (exact) mass is 313 g/mol. The minimum absolute atomic E-state index is 0. The van der Waals surface area contributed by atoms with E-state index < -0.39 is 0 Å². The molecule has 16 heavy (non-hydrogen) atoms. The first-order chi connectivity index (χ1) is 6.38. The number of hydrogen-bond acceptors (Lipinski definition) is 1. The zero-order valence-electron chi connectivity index (χ0n) is 9.93. The molecule has 4 heteroatoms. The summed E-state index contributed by atoms with van der Waals surface area (Å²) in [5.41, 5.74) is 1.43. The summed E-state index contributed by atoms with van der Waals surface area (Å²) in [4.78, 5) is 0. The Hall–Kier alpha value is 1.12. The fraction of sp³-hybridized carbons (Fsp3) is 0.667. The van der Waals surface area contributed by atoms with Gasteiger partial charge in [0.1, 0.15) is 0 Å². The van der Waals surface area contributed by atoms with Crippen molar-refractivity contribution in [1.29, 1.82) is 0 Å². The zero-order chi connectivity index (χ0) is 9.52. The van der Waals surface area contributed by atoms with Gasteiger partial charge in [0.15, 0.2) is 0 Å². The number of allylic oxidation sites excluding steroid dienone is 3. The number of thioether (sulfide) groups is 1. The fourth-order valence-corrected chi connectivity index (χ4v) is 2.76. The first-order valence-electron chi connectivity index (χ1n) is 5.27. The second-order valence-corrected chi connectivity index (χ2v) is 4.67. The minimum atomic E-state index is 0. The third kappa shape index (κ3) is 8.25. The van der Waals surface area contributed by atoms with Gasteiger partial charge < -0.3 is 24.8 Å². The van der Waals surface area contributed by atoms with Crippen molar-refractivity contribution in [3.8, 4) is 0 Å². The summed E-state index contributed by atoms with van der Waals surface area (Å²) in [6.07, 6.45) is 12.8. The van der Waals surface area contributed by atoms with Crippen LogP contribution < -0.4 is 24.8 Å². The van der Waals surface area contributed by atoms with Gasteiger partial charge in [-0.15, -0.1) is 6.42 Å². The topological polar surface area (TPSA) is 0 Å². The molecule has 0 aromatic carbocycles. The van der Waals surface area contributed by atoms with Crippen molar-refractivity contribution in [2.45, 2.75) is 44.8 Å². The fourth-order valence-electron chi connectivity index (χ4n) is 1.44. The van der Waals surface area contributed by atoms with Crippen molar-refractivity contribution < 1.29 is 46.5 Å². The Labute approximate surface area is 132 Å². The second-order valence-electron chi connectivity index (χ2n) is 3.36. The van der Waals surface area contributed by atoms with Gasteiger partial charge in [0.05, 0.1) is 0 Å². The summed E-state index contributed by atoms with van der Waals surface area (Å²) in [7, 11) is 0. The SMILES string of the molecule is CCCCSC(CC)C1=[C-]CC=C1.[Cl-].[Cl-].[Ti+3]. The Morgan fingerprint density at radius 3 is 2.50 bits per heavy atom. The van der Waals surface area contributed by atoms with Crippen LogP contribution in [0.1, 0.15) is 39.5 Å². The Bertz CT molecular complexity index is 205. The molecule has 0 N–H and O–H groups in total. The van der Waals surface area contributed by atoms with E-state index in [1.54, 1.807) is 0 Å². The predicted molar refractivity (Wildman–Crippen MR) is 62.0 cm³/mol. The van der Waals surface area contributed by atoms with Crippen molar-refractivity contribution in [1.82, 2.24) is 0 Å². The summed E-state index contributed by atoms with van der Waals surface area (Å²) < 4.78 is 0. The molecule has 1 aliphatic carbocycles. The van der Waals surface area contributed by atoms with Crippen LogP contribution in [-0.2, 0) is 21.7 Å². The molecule has 0 spiro atoms. The molecule has 1 unspecified atom stereocenters. The average Bonchev–Trinajstić information content (AvgIpc) is 2.65. The van der Waals surface area contributed by atoms with E-state index >= 15 is 0 Å². The van der Waals surface area contributed by atoms with E-state index in [1.807, 2.05) is 0 Å². The number of rotatable bonds is 6. The minimum Gasteiger partial charge on any atom is -1.00 e. The van der Waals surface area contributed by atoms with Crippen LogP contribution in [0.5, 0.6) is 0 Å². The van der Waals surface area contributed by atoms with Crippen molar-refractivity contribution in [3.63, 3.8) is 0 Å². The van der Waals surface area contributed by atoms with E-state index in [2.05, 4.69) is 43.8 Å². The van der Waals surface area contributed by atoms with Crippen LogP contribution in [0, 0.1) is 6.08 Å². The maximum Gasteiger partial charge on any atom is 3.00 e. The molecular weight excluding hydrogens is 295 g/mol. The van der Waals surface area contributed by atoms with Gasteiger partial charge >= 0.3 is 21.7 Å². The van der Waals surface area contributed by atoms with E-state index in [0.717, 1.165) is 6.42 Å². The molecule has 0 aliphatic heterocycles. The molecule has 0 heterocycles. The van der Waals surface area contributed by atoms with Gasteiger partial charge in [-0.3, -0.25) is 6.08 Å². The molecule has 0 saturated heterocycles. The van der Waals surface area contributed by atoms with Gasteiger partial charge in [0.25, 0.3) is 0 Å². The molecule has 0 aromatic rings. The van der Waals surface area contributed by atoms with Gasteiger partial charge in [0.2, 0.25) is 0 Å². The Kier molecular flexibility index (Phi) is 19.8. The molecule has 1 aliphatic rings. The van der Waals surface area contributed by atoms with Crippen LogP contribution >= 0.6 is 11.8 Å². The van der Waals surface area contributed by atoms with Crippen LogP contribution in [0.25, 0.3) is 0 Å². The Morgan fingerprint density at radius 1 is 1.38 bits per heavy atom. The maximum absolute atomic E-state index is 3.42. The summed E-state index contributed by atoms with van der Waals surface area (Å²) in [6.45, 7) is 4.52. The van der Waals surface area contributed by atoms with Crippen LogP contribution in [0.2, 0.25) is 0 Å². The predicted octanol–water partition coefficient (Wildman–Crippen LogP) is -2.01. The third-order valence-corrected chi connectivity index (χ3v) is 3.77. The summed E-state index contributed by atoms with van der Waals surface area (Å²) >= 11 is 2.09. The standard InChI is InChI=1S/C12H19S.2ClH.Ti/c1-3-5-10-13-12(4-2)11-8-6-7-9-11;;;/h6,8,12H,3-5,7,10H2,1-2H3;2*1H;/q-1;;;+3/p-2. The van der Waals surface area contributed by atoms with Crippen molar-refractivity contribution in [2.75, 3.05) is 5.75 Å². The molecule has 91 valence electrons. The Morgan fingerprint density at radius 2 is 2.06 bits per heavy atom. The van der Waals surface area contributed by atoms with Crippen molar-refractivity contribution in [3.05, 3.63) is 23.8 Å². The van der Waals surface area contributed by atoms with Gasteiger partial charge in [-0.2, -0.15) is 17.8 Å². The molecule has 0 bridgehead atoms. The normalized spacial score (nSPS) is 14.2. The quantitative estimate of drug-likeness (QED) is 0.310. The van der Waals surface area contributed by atoms with Crippen LogP contribution in [-0.4, -0.2) is 11.0 Å². The van der Waals surface area contributed by atoms with Crippen LogP contribution in [0.4, 0.5) is 0 Å². The molecule has 0 aromatic heterocycles. The third-order valence-electron chi connectivity index (χ3n) is 2.26. The molecule has 0 amide bonds. The van der Waals surface area contributed by atoms with Crippen LogP contribution in [0.15, 0.2) is 17.7 Å². The molecule has 0 fully saturated rings. The average molecular weight is 314 g/mol. The van der Waals surface area contributed by atoms with Gasteiger partial charge in [-0.25, -0.2) is 11.6 Å². The van der Waals surface area contributed by atoms with E-state index in [0.29, 0.717) is 5.25 Å². The first-order valence-corrected chi connectivity index (χ1v) is 6.32. The maximum atomic E-state index is 3.42. The van der Waals surface area contributed by atoms with Gasteiger partial charge in [-0.05, 0) is 23.8 Å². The van der Waals surface area contributed by atoms with E-state index in [9.17, 15) is 0 Å². The van der Waals surface area contributed by atoms with Crippen molar-refractivity contribution >= 4 is 11.8 Å². The zero-order valence-corrected chi connectivity index (χ0v) is 13.8. The van der Waals surface area contributed by atoms with E-state index in [-0.39, 0.29) is 46.5 Å². The van der Waals surface area contributed by atoms with E-state index in [1.165, 1.54) is 30.6 Å². The van der Waals surface area contributed by atoms with Gasteiger partial charge in [-0.1, -0.05) is 20.3 Å². The largest absolute Gasteiger partial charge is 3.00 e. The molecule has 1 radical (unpaired) electrons. The second kappa shape index (κ2) is 14.2. The summed E-state index contributed by atoms with van der Waals surface area (Å²) in [5, 5.41) is 0.699. The van der Waals surface area contributed by atoms with Crippen LogP contribution in [0.3, 0.4) is 0 Å². The molecule has 0 saturated carbocycles. The number of halogens is 2. The molecule has 1 rings (SSSR count).